The van der Waals surface area contributed by atoms with Crippen LogP contribution in [0.3, 0.4) is 0 Å². The summed E-state index contributed by atoms with van der Waals surface area (Å²) in [6, 6.07) is 7.84. The van der Waals surface area contributed by atoms with E-state index in [0.29, 0.717) is 60.1 Å². The van der Waals surface area contributed by atoms with Crippen molar-refractivity contribution in [1.82, 2.24) is 4.68 Å². The van der Waals surface area contributed by atoms with Gasteiger partial charge in [0.15, 0.2) is 17.2 Å². The van der Waals surface area contributed by atoms with Gasteiger partial charge in [-0.15, -0.1) is 0 Å². The molecule has 1 aliphatic rings. The first kappa shape index (κ1) is 23.2. The molecule has 0 spiro atoms. The Labute approximate surface area is 195 Å². The van der Waals surface area contributed by atoms with E-state index in [1.807, 2.05) is 0 Å². The second kappa shape index (κ2) is 9.52. The van der Waals surface area contributed by atoms with Gasteiger partial charge >= 0.3 is 5.97 Å². The summed E-state index contributed by atoms with van der Waals surface area (Å²) < 4.78 is 28.3. The van der Waals surface area contributed by atoms with Gasteiger partial charge < -0.3 is 33.8 Å². The zero-order valence-electron chi connectivity index (χ0n) is 19.4. The van der Waals surface area contributed by atoms with Crippen molar-refractivity contribution in [1.29, 1.82) is 0 Å². The number of hydrogen-bond donors (Lipinski definition) is 1. The fourth-order valence-corrected chi connectivity index (χ4v) is 4.20. The van der Waals surface area contributed by atoms with Gasteiger partial charge in [0.05, 0.1) is 60.1 Å². The van der Waals surface area contributed by atoms with E-state index < -0.39 is 11.5 Å². The Morgan fingerprint density at radius 2 is 1.59 bits per heavy atom. The lowest BCUT2D eigenvalue weighted by Gasteiger charge is -2.32. The highest BCUT2D eigenvalue weighted by atomic mass is 16.5. The highest BCUT2D eigenvalue weighted by Crippen LogP contribution is 2.43. The Kier molecular flexibility index (Phi) is 6.51. The average Bonchev–Trinajstić information content (AvgIpc) is 2.87. The molecule has 0 bridgehead atoms. The Balaban J connectivity index is 2.18. The lowest BCUT2D eigenvalue weighted by Crippen LogP contribution is -2.51. The van der Waals surface area contributed by atoms with E-state index in [9.17, 15) is 14.7 Å². The molecule has 180 valence electrons. The standard InChI is InChI=1S/C24H26N2O8/c1-30-18-11-14(12-19(31-2)22(18)32-3)20-16-6-5-15(27)13-17(16)23(28)26(21(20)24(29)33-4)25-7-9-34-10-8-25/h5-6,11-13,27H,7-10H2,1-4H3. The second-order valence-electron chi connectivity index (χ2n) is 7.54. The maximum atomic E-state index is 13.6. The quantitative estimate of drug-likeness (QED) is 0.542. The summed E-state index contributed by atoms with van der Waals surface area (Å²) in [7, 11) is 5.74. The summed E-state index contributed by atoms with van der Waals surface area (Å²) in [5.41, 5.74) is 0.547. The van der Waals surface area contributed by atoms with Crippen molar-refractivity contribution >= 4 is 16.7 Å². The molecule has 0 amide bonds. The third-order valence-corrected chi connectivity index (χ3v) is 5.75. The smallest absolute Gasteiger partial charge is 0.357 e. The summed E-state index contributed by atoms with van der Waals surface area (Å²) in [6.07, 6.45) is 0. The summed E-state index contributed by atoms with van der Waals surface area (Å²) >= 11 is 0. The van der Waals surface area contributed by atoms with Crippen LogP contribution in [0, 0.1) is 0 Å². The van der Waals surface area contributed by atoms with Crippen molar-refractivity contribution < 1.29 is 33.6 Å². The van der Waals surface area contributed by atoms with Gasteiger partial charge in [0.1, 0.15) is 5.75 Å². The molecule has 0 radical (unpaired) electrons. The Bertz CT molecular complexity index is 1270. The van der Waals surface area contributed by atoms with Crippen LogP contribution in [0.5, 0.6) is 23.0 Å². The molecule has 1 aromatic heterocycles. The van der Waals surface area contributed by atoms with Crippen LogP contribution in [0.25, 0.3) is 21.9 Å². The molecule has 1 aliphatic heterocycles. The van der Waals surface area contributed by atoms with Crippen LogP contribution in [-0.4, -0.2) is 70.5 Å². The Morgan fingerprint density at radius 3 is 2.15 bits per heavy atom. The number of methoxy groups -OCH3 is 4. The minimum absolute atomic E-state index is 0.0434. The number of benzene rings is 2. The number of nitrogens with zero attached hydrogens (tertiary/aromatic N) is 2. The number of pyridine rings is 1. The predicted octanol–water partition coefficient (Wildman–Crippen LogP) is 2.15. The van der Waals surface area contributed by atoms with Crippen molar-refractivity contribution in [3.8, 4) is 34.1 Å². The number of morpholine rings is 1. The zero-order valence-corrected chi connectivity index (χ0v) is 19.4. The molecule has 3 aromatic rings. The van der Waals surface area contributed by atoms with Crippen LogP contribution in [0.15, 0.2) is 35.1 Å². The fourth-order valence-electron chi connectivity index (χ4n) is 4.20. The summed E-state index contributed by atoms with van der Waals surface area (Å²) in [6.45, 7) is 1.57. The Hall–Kier alpha value is -3.92. The van der Waals surface area contributed by atoms with Crippen LogP contribution < -0.4 is 24.8 Å². The van der Waals surface area contributed by atoms with E-state index in [2.05, 4.69) is 0 Å². The number of hydrogen-bond acceptors (Lipinski definition) is 9. The SMILES string of the molecule is COC(=O)c1c(-c2cc(OC)c(OC)c(OC)c2)c2ccc(O)cc2c(=O)n1N1CCOCC1. The average molecular weight is 470 g/mol. The van der Waals surface area contributed by atoms with Gasteiger partial charge in [-0.2, -0.15) is 0 Å². The number of fused-ring (bicyclic) bond motifs is 1. The van der Waals surface area contributed by atoms with Crippen molar-refractivity contribution in [3.63, 3.8) is 0 Å². The van der Waals surface area contributed by atoms with Gasteiger partial charge in [0.25, 0.3) is 5.56 Å². The van der Waals surface area contributed by atoms with Gasteiger partial charge in [-0.05, 0) is 41.3 Å². The molecular weight excluding hydrogens is 444 g/mol. The molecule has 0 unspecified atom stereocenters. The number of aromatic hydroxyl groups is 1. The van der Waals surface area contributed by atoms with Crippen LogP contribution in [0.2, 0.25) is 0 Å². The first-order valence-electron chi connectivity index (χ1n) is 10.6. The Morgan fingerprint density at radius 1 is 0.941 bits per heavy atom. The number of esters is 1. The molecule has 10 heteroatoms. The van der Waals surface area contributed by atoms with E-state index in [0.717, 1.165) is 0 Å². The lowest BCUT2D eigenvalue weighted by atomic mass is 9.96. The first-order valence-corrected chi connectivity index (χ1v) is 10.6. The van der Waals surface area contributed by atoms with Crippen molar-refractivity contribution in [2.75, 3.05) is 59.8 Å². The van der Waals surface area contributed by atoms with Gasteiger partial charge in [-0.1, -0.05) is 0 Å². The molecule has 1 fully saturated rings. The molecule has 1 saturated heterocycles. The molecule has 0 saturated carbocycles. The maximum Gasteiger partial charge on any atom is 0.357 e. The minimum Gasteiger partial charge on any atom is -0.508 e. The number of phenolic OH excluding ortho intramolecular Hbond substituents is 1. The topological polar surface area (TPSA) is 109 Å². The van der Waals surface area contributed by atoms with Crippen molar-refractivity contribution in [2.45, 2.75) is 0 Å². The molecular formula is C24H26N2O8. The number of phenols is 1. The van der Waals surface area contributed by atoms with Gasteiger partial charge in [0, 0.05) is 5.56 Å². The molecule has 34 heavy (non-hydrogen) atoms. The third kappa shape index (κ3) is 3.86. The fraction of sp³-hybridized carbons (Fsp3) is 0.333. The number of ether oxygens (including phenoxy) is 5. The van der Waals surface area contributed by atoms with E-state index in [1.165, 1.54) is 45.2 Å². The van der Waals surface area contributed by atoms with Gasteiger partial charge in [-0.3, -0.25) is 4.79 Å². The first-order chi connectivity index (χ1) is 16.4. The number of carbonyl (C=O) groups is 1. The molecule has 0 atom stereocenters. The molecule has 10 nitrogen and oxygen atoms in total. The third-order valence-electron chi connectivity index (χ3n) is 5.75. The summed E-state index contributed by atoms with van der Waals surface area (Å²) in [4.78, 5) is 26.8. The van der Waals surface area contributed by atoms with E-state index in [1.54, 1.807) is 23.2 Å². The van der Waals surface area contributed by atoms with E-state index in [4.69, 9.17) is 23.7 Å². The van der Waals surface area contributed by atoms with E-state index >= 15 is 0 Å². The number of carbonyl (C=O) groups excluding carboxylic acids is 1. The largest absolute Gasteiger partial charge is 0.508 e. The van der Waals surface area contributed by atoms with E-state index in [-0.39, 0.29) is 16.8 Å². The number of rotatable bonds is 6. The predicted molar refractivity (Wildman–Crippen MR) is 125 cm³/mol. The normalized spacial score (nSPS) is 13.6. The summed E-state index contributed by atoms with van der Waals surface area (Å²) in [5, 5.41) is 12.6. The molecule has 2 aromatic carbocycles. The zero-order chi connectivity index (χ0) is 24.4. The highest BCUT2D eigenvalue weighted by Gasteiger charge is 2.29. The molecule has 2 heterocycles. The minimum atomic E-state index is -0.692. The monoisotopic (exact) mass is 470 g/mol. The molecule has 4 rings (SSSR count). The van der Waals surface area contributed by atoms with Crippen molar-refractivity contribution in [2.24, 2.45) is 0 Å². The maximum absolute atomic E-state index is 13.6. The van der Waals surface area contributed by atoms with Crippen LogP contribution in [0.4, 0.5) is 0 Å². The summed E-state index contributed by atoms with van der Waals surface area (Å²) in [5.74, 6) is 0.381. The van der Waals surface area contributed by atoms with Crippen LogP contribution in [-0.2, 0) is 9.47 Å². The lowest BCUT2D eigenvalue weighted by molar-refractivity contribution is 0.0580. The van der Waals surface area contributed by atoms with Crippen LogP contribution in [0.1, 0.15) is 10.5 Å². The highest BCUT2D eigenvalue weighted by molar-refractivity contribution is 6.07. The van der Waals surface area contributed by atoms with Gasteiger partial charge in [-0.25, -0.2) is 9.47 Å². The molecule has 0 aliphatic carbocycles. The van der Waals surface area contributed by atoms with Gasteiger partial charge in [0.2, 0.25) is 5.75 Å². The number of aromatic nitrogens is 1. The molecule has 1 N–H and O–H groups in total. The van der Waals surface area contributed by atoms with Crippen molar-refractivity contribution in [3.05, 3.63) is 46.4 Å². The van der Waals surface area contributed by atoms with Crippen LogP contribution >= 0.6 is 0 Å². The second-order valence-corrected chi connectivity index (χ2v) is 7.54.